The van der Waals surface area contributed by atoms with Crippen LogP contribution in [0.5, 0.6) is 0 Å². The van der Waals surface area contributed by atoms with Gasteiger partial charge in [0.25, 0.3) is 0 Å². The number of nitrogens with one attached hydrogen (secondary N) is 2. The number of fused-ring (bicyclic) bond motifs is 2. The predicted octanol–water partition coefficient (Wildman–Crippen LogP) is 5.51. The highest BCUT2D eigenvalue weighted by atomic mass is 32.2. The maximum atomic E-state index is 4.94. The van der Waals surface area contributed by atoms with Gasteiger partial charge in [-0.05, 0) is 36.4 Å². The first-order valence-electron chi connectivity index (χ1n) is 7.88. The topological polar surface area (TPSA) is 37.0 Å². The Bertz CT molecular complexity index is 792. The molecule has 0 amide bonds. The highest BCUT2D eigenvalue weighted by molar-refractivity contribution is 8.00. The van der Waals surface area contributed by atoms with Crippen molar-refractivity contribution in [2.45, 2.75) is 20.5 Å². The standard InChI is InChI=1S/C19H15N3S2/c1-3-10-16-12(6-1)21-18(23-16)14-8-5-9-15(20-14)19-22-13-7-2-4-11-17(13)24-19/h1-11,18-19,21-22H. The van der Waals surface area contributed by atoms with Crippen LogP contribution in [-0.2, 0) is 0 Å². The van der Waals surface area contributed by atoms with Crippen molar-refractivity contribution in [1.29, 1.82) is 0 Å². The van der Waals surface area contributed by atoms with Crippen LogP contribution in [0.3, 0.4) is 0 Å². The molecule has 2 atom stereocenters. The first kappa shape index (κ1) is 14.3. The molecule has 24 heavy (non-hydrogen) atoms. The molecule has 0 saturated heterocycles. The molecule has 0 fully saturated rings. The number of hydrogen-bond donors (Lipinski definition) is 2. The van der Waals surface area contributed by atoms with Crippen LogP contribution in [0.15, 0.2) is 76.5 Å². The quantitative estimate of drug-likeness (QED) is 0.637. The molecule has 118 valence electrons. The van der Waals surface area contributed by atoms with E-state index in [1.54, 1.807) is 0 Å². The molecule has 2 aromatic carbocycles. The maximum Gasteiger partial charge on any atom is 0.120 e. The van der Waals surface area contributed by atoms with E-state index < -0.39 is 0 Å². The van der Waals surface area contributed by atoms with Crippen LogP contribution in [0.4, 0.5) is 11.4 Å². The molecule has 0 bridgehead atoms. The van der Waals surface area contributed by atoms with Gasteiger partial charge in [0.2, 0.25) is 0 Å². The second-order valence-electron chi connectivity index (χ2n) is 5.76. The number of rotatable bonds is 2. The van der Waals surface area contributed by atoms with Crippen LogP contribution >= 0.6 is 23.5 Å². The van der Waals surface area contributed by atoms with E-state index in [0.29, 0.717) is 0 Å². The monoisotopic (exact) mass is 349 g/mol. The lowest BCUT2D eigenvalue weighted by atomic mass is 10.2. The van der Waals surface area contributed by atoms with E-state index >= 15 is 0 Å². The lowest BCUT2D eigenvalue weighted by Gasteiger charge is -2.14. The van der Waals surface area contributed by atoms with Crippen molar-refractivity contribution in [2.24, 2.45) is 0 Å². The van der Waals surface area contributed by atoms with Crippen molar-refractivity contribution in [3.8, 4) is 0 Å². The molecule has 3 aromatic rings. The second-order valence-corrected chi connectivity index (χ2v) is 8.06. The van der Waals surface area contributed by atoms with Crippen molar-refractivity contribution >= 4 is 34.9 Å². The zero-order chi connectivity index (χ0) is 15.9. The average Bonchev–Trinajstić information content (AvgIpc) is 3.26. The van der Waals surface area contributed by atoms with Crippen molar-refractivity contribution in [1.82, 2.24) is 4.98 Å². The molecule has 0 radical (unpaired) electrons. The van der Waals surface area contributed by atoms with Gasteiger partial charge in [-0.1, -0.05) is 53.9 Å². The molecule has 2 aliphatic heterocycles. The SMILES string of the molecule is c1cc(C2Nc3ccccc3S2)nc(C2Nc3ccccc3S2)c1. The largest absolute Gasteiger partial charge is 0.367 e. The molecular weight excluding hydrogens is 334 g/mol. The van der Waals surface area contributed by atoms with Gasteiger partial charge in [-0.2, -0.15) is 0 Å². The number of aromatic nitrogens is 1. The summed E-state index contributed by atoms with van der Waals surface area (Å²) in [5, 5.41) is 7.47. The van der Waals surface area contributed by atoms with Crippen molar-refractivity contribution in [3.05, 3.63) is 78.1 Å². The summed E-state index contributed by atoms with van der Waals surface area (Å²) in [6, 6.07) is 23.2. The zero-order valence-electron chi connectivity index (χ0n) is 12.8. The first-order chi connectivity index (χ1) is 11.9. The minimum atomic E-state index is 0.177. The molecule has 5 rings (SSSR count). The Kier molecular flexibility index (Phi) is 3.42. The summed E-state index contributed by atoms with van der Waals surface area (Å²) in [5.41, 5.74) is 4.54. The second kappa shape index (κ2) is 5.76. The van der Waals surface area contributed by atoms with Crippen molar-refractivity contribution < 1.29 is 0 Å². The van der Waals surface area contributed by atoms with E-state index in [-0.39, 0.29) is 10.7 Å². The van der Waals surface area contributed by atoms with Gasteiger partial charge in [-0.15, -0.1) is 0 Å². The number of hydrogen-bond acceptors (Lipinski definition) is 5. The Morgan fingerprint density at radius 2 is 1.12 bits per heavy atom. The van der Waals surface area contributed by atoms with Crippen molar-refractivity contribution in [3.63, 3.8) is 0 Å². The van der Waals surface area contributed by atoms with Gasteiger partial charge in [0.05, 0.1) is 11.4 Å². The summed E-state index contributed by atoms with van der Waals surface area (Å²) >= 11 is 3.65. The van der Waals surface area contributed by atoms with Gasteiger partial charge >= 0.3 is 0 Å². The van der Waals surface area contributed by atoms with E-state index in [1.165, 1.54) is 21.2 Å². The number of thioether (sulfide) groups is 2. The van der Waals surface area contributed by atoms with Gasteiger partial charge in [-0.25, -0.2) is 0 Å². The number of pyridine rings is 1. The minimum absolute atomic E-state index is 0.177. The molecule has 2 N–H and O–H groups in total. The summed E-state index contributed by atoms with van der Waals surface area (Å²) in [4.78, 5) is 7.51. The van der Waals surface area contributed by atoms with Gasteiger partial charge in [0, 0.05) is 21.2 Å². The van der Waals surface area contributed by atoms with Gasteiger partial charge in [0.15, 0.2) is 0 Å². The number of nitrogens with zero attached hydrogens (tertiary/aromatic N) is 1. The zero-order valence-corrected chi connectivity index (χ0v) is 14.4. The molecule has 5 heteroatoms. The Morgan fingerprint density at radius 1 is 0.625 bits per heavy atom. The molecule has 2 unspecified atom stereocenters. The van der Waals surface area contributed by atoms with E-state index in [9.17, 15) is 0 Å². The molecule has 3 nitrogen and oxygen atoms in total. The molecule has 0 saturated carbocycles. The van der Waals surface area contributed by atoms with Crippen LogP contribution in [0, 0.1) is 0 Å². The smallest absolute Gasteiger partial charge is 0.120 e. The molecule has 2 aliphatic rings. The Labute approximate surface area is 149 Å². The summed E-state index contributed by atoms with van der Waals surface area (Å²) in [6.45, 7) is 0. The van der Waals surface area contributed by atoms with Crippen LogP contribution in [0.2, 0.25) is 0 Å². The van der Waals surface area contributed by atoms with Crippen LogP contribution in [0.25, 0.3) is 0 Å². The van der Waals surface area contributed by atoms with E-state index in [4.69, 9.17) is 4.98 Å². The summed E-state index contributed by atoms with van der Waals surface area (Å²) in [7, 11) is 0. The van der Waals surface area contributed by atoms with Gasteiger partial charge in [-0.3, -0.25) is 4.98 Å². The fourth-order valence-electron chi connectivity index (χ4n) is 3.00. The highest BCUT2D eigenvalue weighted by Crippen LogP contribution is 2.48. The number of anilines is 2. The molecular formula is C19H15N3S2. The number of benzene rings is 2. The lowest BCUT2D eigenvalue weighted by Crippen LogP contribution is -2.09. The highest BCUT2D eigenvalue weighted by Gasteiger charge is 2.27. The van der Waals surface area contributed by atoms with E-state index in [1.807, 2.05) is 23.5 Å². The van der Waals surface area contributed by atoms with Crippen molar-refractivity contribution in [2.75, 3.05) is 10.6 Å². The summed E-state index contributed by atoms with van der Waals surface area (Å²) in [5.74, 6) is 0. The Balaban J connectivity index is 1.40. The maximum absolute atomic E-state index is 4.94. The lowest BCUT2D eigenvalue weighted by molar-refractivity contribution is 0.953. The minimum Gasteiger partial charge on any atom is -0.367 e. The van der Waals surface area contributed by atoms with Gasteiger partial charge in [0.1, 0.15) is 10.7 Å². The van der Waals surface area contributed by atoms with E-state index in [2.05, 4.69) is 77.4 Å². The van der Waals surface area contributed by atoms with Crippen LogP contribution in [-0.4, -0.2) is 4.98 Å². The van der Waals surface area contributed by atoms with Gasteiger partial charge < -0.3 is 10.6 Å². The average molecular weight is 349 g/mol. The van der Waals surface area contributed by atoms with Crippen LogP contribution in [0.1, 0.15) is 22.1 Å². The van der Waals surface area contributed by atoms with E-state index in [0.717, 1.165) is 11.4 Å². The van der Waals surface area contributed by atoms with Crippen LogP contribution < -0.4 is 10.6 Å². The summed E-state index contributed by atoms with van der Waals surface area (Å²) < 4.78 is 0. The third-order valence-electron chi connectivity index (χ3n) is 4.17. The summed E-state index contributed by atoms with van der Waals surface area (Å²) in [6.07, 6.45) is 0. The third kappa shape index (κ3) is 2.44. The third-order valence-corrected chi connectivity index (χ3v) is 6.58. The molecule has 0 aliphatic carbocycles. The fraction of sp³-hybridized carbons (Fsp3) is 0.105. The number of para-hydroxylation sites is 2. The Hall–Kier alpha value is -2.11. The molecule has 0 spiro atoms. The molecule has 1 aromatic heterocycles. The Morgan fingerprint density at radius 3 is 1.62 bits per heavy atom. The normalized spacial score (nSPS) is 20.8. The molecule has 3 heterocycles. The predicted molar refractivity (Wildman–Crippen MR) is 102 cm³/mol. The first-order valence-corrected chi connectivity index (χ1v) is 9.64. The fourth-order valence-corrected chi connectivity index (χ4v) is 5.21.